The number of Topliss-reactive ketones (excluding diaryl/α,β-unsaturated/α-hetero) is 4. The molecule has 0 saturated heterocycles. The number of nitrogens with zero attached hydrogens (tertiary/aromatic N) is 3. The van der Waals surface area contributed by atoms with Crippen LogP contribution in [0.5, 0.6) is 0 Å². The van der Waals surface area contributed by atoms with Gasteiger partial charge in [-0.05, 0) is 10.8 Å². The highest BCUT2D eigenvalue weighted by molar-refractivity contribution is 8.18. The van der Waals surface area contributed by atoms with Crippen molar-refractivity contribution in [2.75, 3.05) is 44.4 Å². The van der Waals surface area contributed by atoms with Crippen molar-refractivity contribution in [2.24, 2.45) is 0 Å². The summed E-state index contributed by atoms with van der Waals surface area (Å²) in [5.41, 5.74) is 0. The molecule has 16 heteroatoms. The van der Waals surface area contributed by atoms with Crippen molar-refractivity contribution < 1.29 is 43.2 Å². The Morgan fingerprint density at radius 2 is 0.863 bits per heavy atom. The fourth-order valence-corrected chi connectivity index (χ4v) is 6.02. The van der Waals surface area contributed by atoms with E-state index in [1.807, 2.05) is 0 Å². The normalized spacial score (nSPS) is 14.9. The zero-order valence-electron chi connectivity index (χ0n) is 30.2. The Morgan fingerprint density at radius 1 is 0.549 bits per heavy atom. The maximum atomic E-state index is 14.0. The number of hydrogen-bond donors (Lipinski definition) is 2. The first-order valence-electron chi connectivity index (χ1n) is 17.4. The minimum atomic E-state index is -1.54. The van der Waals surface area contributed by atoms with E-state index in [9.17, 15) is 43.2 Å². The molecule has 0 aromatic carbocycles. The Hall–Kier alpha value is -3.79. The Kier molecular flexibility index (Phi) is 23.1. The molecule has 1 aliphatic rings. The molecular formula is C35H53N5O9S2. The number of nitrogens with one attached hydrogen (secondary N) is 2. The van der Waals surface area contributed by atoms with Crippen LogP contribution in [0.2, 0.25) is 0 Å². The molecule has 0 radical (unpaired) electrons. The van der Waals surface area contributed by atoms with E-state index in [1.54, 1.807) is 38.5 Å². The average molecular weight is 752 g/mol. The van der Waals surface area contributed by atoms with Gasteiger partial charge in [0, 0.05) is 121 Å². The lowest BCUT2D eigenvalue weighted by Gasteiger charge is -2.30. The molecule has 1 aliphatic heterocycles. The zero-order chi connectivity index (χ0) is 38.2. The second-order valence-corrected chi connectivity index (χ2v) is 13.8. The van der Waals surface area contributed by atoms with Gasteiger partial charge in [-0.2, -0.15) is 0 Å². The minimum absolute atomic E-state index is 0.0513. The van der Waals surface area contributed by atoms with Gasteiger partial charge < -0.3 is 25.3 Å². The van der Waals surface area contributed by atoms with Crippen LogP contribution in [-0.2, 0) is 43.2 Å². The number of thioether (sulfide) groups is 2. The first kappa shape index (κ1) is 45.2. The van der Waals surface area contributed by atoms with E-state index in [2.05, 4.69) is 10.6 Å². The van der Waals surface area contributed by atoms with E-state index in [-0.39, 0.29) is 101 Å². The highest BCUT2D eigenvalue weighted by Gasteiger charge is 2.29. The third kappa shape index (κ3) is 19.4. The molecule has 0 aromatic rings. The van der Waals surface area contributed by atoms with Gasteiger partial charge in [-0.15, -0.1) is 23.5 Å². The summed E-state index contributed by atoms with van der Waals surface area (Å²) in [7, 11) is 0. The van der Waals surface area contributed by atoms with E-state index >= 15 is 0 Å². The Labute approximate surface area is 309 Å². The van der Waals surface area contributed by atoms with Gasteiger partial charge in [0.15, 0.2) is 6.17 Å². The Bertz CT molecular complexity index is 1180. The summed E-state index contributed by atoms with van der Waals surface area (Å²) in [5, 5.41) is 8.62. The van der Waals surface area contributed by atoms with Crippen LogP contribution < -0.4 is 10.6 Å². The lowest BCUT2D eigenvalue weighted by molar-refractivity contribution is -0.141. The topological polar surface area (TPSA) is 187 Å². The molecule has 51 heavy (non-hydrogen) atoms. The number of ketones is 4. The van der Waals surface area contributed by atoms with Crippen molar-refractivity contribution >= 4 is 76.2 Å². The van der Waals surface area contributed by atoms with E-state index < -0.39 is 35.7 Å². The predicted molar refractivity (Wildman–Crippen MR) is 197 cm³/mol. The average Bonchev–Trinajstić information content (AvgIpc) is 3.12. The fraction of sp³-hybridized carbons (Fsp3) is 0.629. The first-order valence-corrected chi connectivity index (χ1v) is 19.5. The molecule has 1 heterocycles. The van der Waals surface area contributed by atoms with E-state index in [4.69, 9.17) is 0 Å². The second kappa shape index (κ2) is 26.1. The summed E-state index contributed by atoms with van der Waals surface area (Å²) in [5.74, 6) is -3.12. The van der Waals surface area contributed by atoms with Gasteiger partial charge in [-0.25, -0.2) is 0 Å². The molecule has 2 N–H and O–H groups in total. The maximum absolute atomic E-state index is 14.0. The van der Waals surface area contributed by atoms with Crippen LogP contribution in [0.15, 0.2) is 23.0 Å². The third-order valence-electron chi connectivity index (χ3n) is 8.02. The monoisotopic (exact) mass is 751 g/mol. The molecule has 284 valence electrons. The number of hydrogen-bond acceptors (Lipinski definition) is 11. The van der Waals surface area contributed by atoms with Crippen LogP contribution in [0.25, 0.3) is 0 Å². The van der Waals surface area contributed by atoms with Crippen molar-refractivity contribution in [1.29, 1.82) is 0 Å². The molecule has 0 aliphatic carbocycles. The Morgan fingerprint density at radius 3 is 1.18 bits per heavy atom. The lowest BCUT2D eigenvalue weighted by atomic mass is 10.1. The summed E-state index contributed by atoms with van der Waals surface area (Å²) in [6.45, 7) is 6.82. The van der Waals surface area contributed by atoms with E-state index in [0.29, 0.717) is 30.8 Å². The number of carbonyl (C=O) groups excluding carboxylic acids is 9. The quantitative estimate of drug-likeness (QED) is 0.156. The molecule has 0 bridgehead atoms. The van der Waals surface area contributed by atoms with Gasteiger partial charge >= 0.3 is 0 Å². The second-order valence-electron chi connectivity index (χ2n) is 11.7. The molecule has 0 atom stereocenters. The van der Waals surface area contributed by atoms with Gasteiger partial charge in [-0.3, -0.25) is 43.2 Å². The summed E-state index contributed by atoms with van der Waals surface area (Å²) >= 11 is 2.64. The lowest BCUT2D eigenvalue weighted by Crippen LogP contribution is -2.57. The van der Waals surface area contributed by atoms with Gasteiger partial charge in [-0.1, -0.05) is 27.7 Å². The summed E-state index contributed by atoms with van der Waals surface area (Å²) in [6.07, 6.45) is 2.04. The van der Waals surface area contributed by atoms with Gasteiger partial charge in [0.05, 0.1) is 0 Å². The highest BCUT2D eigenvalue weighted by atomic mass is 32.2. The van der Waals surface area contributed by atoms with Crippen molar-refractivity contribution in [1.82, 2.24) is 25.3 Å². The predicted octanol–water partition coefficient (Wildman–Crippen LogP) is 2.75. The van der Waals surface area contributed by atoms with Crippen molar-refractivity contribution in [3.63, 3.8) is 0 Å². The smallest absolute Gasteiger partial charge is 0.265 e. The summed E-state index contributed by atoms with van der Waals surface area (Å²) < 4.78 is 0. The van der Waals surface area contributed by atoms with Crippen LogP contribution in [0.1, 0.15) is 91.9 Å². The highest BCUT2D eigenvalue weighted by Crippen LogP contribution is 2.14. The zero-order valence-corrected chi connectivity index (χ0v) is 31.9. The fourth-order valence-electron chi connectivity index (χ4n) is 4.64. The van der Waals surface area contributed by atoms with Crippen LogP contribution in [0, 0.1) is 0 Å². The molecule has 0 aromatic heterocycles. The SMILES string of the molecule is CCC(=O)CCN(CCC(=O)CC)C(=O)CCN(CCC(=O)N(CCC(=O)CC)CCC(=O)CC)C(=O)C1NC(=O)/C=C/SCS/C=C/C(=O)N1. The number of rotatable bonds is 23. The summed E-state index contributed by atoms with van der Waals surface area (Å²) in [6, 6.07) is 0. The molecule has 14 nitrogen and oxygen atoms in total. The first-order chi connectivity index (χ1) is 24.3. The van der Waals surface area contributed by atoms with Crippen molar-refractivity contribution in [2.45, 2.75) is 98.1 Å². The molecule has 0 saturated carbocycles. The molecule has 0 fully saturated rings. The molecule has 5 amide bonds. The van der Waals surface area contributed by atoms with Gasteiger partial charge in [0.25, 0.3) is 5.91 Å². The van der Waals surface area contributed by atoms with Crippen LogP contribution in [-0.4, -0.2) is 118 Å². The van der Waals surface area contributed by atoms with E-state index in [0.717, 1.165) is 0 Å². The molecular weight excluding hydrogens is 699 g/mol. The van der Waals surface area contributed by atoms with Crippen molar-refractivity contribution in [3.8, 4) is 0 Å². The molecule has 0 unspecified atom stereocenters. The van der Waals surface area contributed by atoms with Crippen molar-refractivity contribution in [3.05, 3.63) is 23.0 Å². The number of amides is 5. The van der Waals surface area contributed by atoms with Crippen LogP contribution in [0.3, 0.4) is 0 Å². The molecule has 0 spiro atoms. The van der Waals surface area contributed by atoms with E-state index in [1.165, 1.54) is 50.4 Å². The number of carbonyl (C=O) groups is 9. The van der Waals surface area contributed by atoms with Gasteiger partial charge in [0.2, 0.25) is 23.6 Å². The van der Waals surface area contributed by atoms with Gasteiger partial charge in [0.1, 0.15) is 23.1 Å². The van der Waals surface area contributed by atoms with Crippen LogP contribution in [0.4, 0.5) is 0 Å². The van der Waals surface area contributed by atoms with Crippen LogP contribution >= 0.6 is 23.5 Å². The largest absolute Gasteiger partial charge is 0.342 e. The molecule has 1 rings (SSSR count). The maximum Gasteiger partial charge on any atom is 0.265 e. The Balaban J connectivity index is 3.34. The standard InChI is InChI=1S/C35H53N5O9S2/c1-5-26(41)9-17-38(18-10-27(42)6-2)32(47)13-21-40(22-14-33(48)39(19-11-28(43)7-3)20-12-29(44)8-4)35(49)34-36-30(45)15-23-50-25-51-24-16-31(46)37-34/h15-16,23-24,34H,5-14,17-22,25H2,1-4H3,(H,36,45)(H,37,46)/b23-15+,24-16+. The minimum Gasteiger partial charge on any atom is -0.342 e. The summed E-state index contributed by atoms with van der Waals surface area (Å²) in [4.78, 5) is 119. The third-order valence-corrected chi connectivity index (χ3v) is 9.76.